The van der Waals surface area contributed by atoms with E-state index in [-0.39, 0.29) is 19.0 Å². The molecular formula is C24H29BN2O5. The molecule has 0 spiro atoms. The fraction of sp³-hybridized carbons (Fsp3) is 0.417. The van der Waals surface area contributed by atoms with Crippen LogP contribution in [0.15, 0.2) is 42.5 Å². The molecule has 0 atom stereocenters. The number of nitrogens with zero attached hydrogens (tertiary/aromatic N) is 1. The molecule has 0 aliphatic carbocycles. The smallest absolute Gasteiger partial charge is 0.487 e. The van der Waals surface area contributed by atoms with Crippen molar-refractivity contribution in [3.8, 4) is 5.75 Å². The van der Waals surface area contributed by atoms with Crippen LogP contribution < -0.4 is 10.2 Å². The third-order valence-corrected chi connectivity index (χ3v) is 6.17. The maximum Gasteiger partial charge on any atom is 0.494 e. The van der Waals surface area contributed by atoms with Crippen LogP contribution in [0, 0.1) is 0 Å². The van der Waals surface area contributed by atoms with Crippen LogP contribution in [0.4, 0.5) is 0 Å². The van der Waals surface area contributed by atoms with E-state index in [1.54, 1.807) is 6.92 Å². The standard InChI is InChI=1S/C24H29BN2O5/c1-6-29-22(28)13-16-9-7-8-10-21(16)30-15-20-18-14-17(11-12-19(18)26-27-20)25-31-23(2,3)24(4,5)32-25/h7-12,14H,6,13,15H2,1-5H3,(H,26,27). The predicted molar refractivity (Wildman–Crippen MR) is 123 cm³/mol. The van der Waals surface area contributed by atoms with Crippen molar-refractivity contribution in [1.82, 2.24) is 10.2 Å². The van der Waals surface area contributed by atoms with Gasteiger partial charge in [-0.2, -0.15) is 5.10 Å². The third kappa shape index (κ3) is 4.38. The van der Waals surface area contributed by atoms with Crippen molar-refractivity contribution in [2.24, 2.45) is 0 Å². The maximum atomic E-state index is 11.9. The van der Waals surface area contributed by atoms with Crippen molar-refractivity contribution in [2.75, 3.05) is 6.61 Å². The van der Waals surface area contributed by atoms with Crippen molar-refractivity contribution in [1.29, 1.82) is 0 Å². The number of fused-ring (bicyclic) bond motifs is 1. The average molecular weight is 436 g/mol. The first-order chi connectivity index (χ1) is 15.2. The second kappa shape index (κ2) is 8.60. The zero-order valence-electron chi connectivity index (χ0n) is 19.2. The van der Waals surface area contributed by atoms with Crippen LogP contribution in [-0.2, 0) is 31.9 Å². The lowest BCUT2D eigenvalue weighted by atomic mass is 9.78. The fourth-order valence-electron chi connectivity index (χ4n) is 3.62. The number of aromatic amines is 1. The normalized spacial score (nSPS) is 17.0. The summed E-state index contributed by atoms with van der Waals surface area (Å²) in [7, 11) is -0.446. The van der Waals surface area contributed by atoms with Crippen LogP contribution in [0.2, 0.25) is 0 Å². The number of ether oxygens (including phenoxy) is 2. The average Bonchev–Trinajstić information content (AvgIpc) is 3.24. The van der Waals surface area contributed by atoms with Gasteiger partial charge in [-0.1, -0.05) is 30.3 Å². The largest absolute Gasteiger partial charge is 0.494 e. The zero-order valence-corrected chi connectivity index (χ0v) is 19.2. The molecule has 1 fully saturated rings. The number of hydrogen-bond donors (Lipinski definition) is 1. The van der Waals surface area contributed by atoms with Gasteiger partial charge in [-0.3, -0.25) is 9.89 Å². The van der Waals surface area contributed by atoms with E-state index in [1.807, 2.05) is 70.2 Å². The Hall–Kier alpha value is -2.84. The highest BCUT2D eigenvalue weighted by Gasteiger charge is 2.51. The molecule has 1 aliphatic rings. The van der Waals surface area contributed by atoms with Gasteiger partial charge < -0.3 is 18.8 Å². The molecule has 1 aromatic heterocycles. The Labute approximate surface area is 188 Å². The highest BCUT2D eigenvalue weighted by atomic mass is 16.7. The Morgan fingerprint density at radius 1 is 1.09 bits per heavy atom. The summed E-state index contributed by atoms with van der Waals surface area (Å²) in [5.41, 5.74) is 2.58. The minimum Gasteiger partial charge on any atom is -0.487 e. The molecule has 1 N–H and O–H groups in total. The molecule has 0 saturated carbocycles. The lowest BCUT2D eigenvalue weighted by Crippen LogP contribution is -2.41. The van der Waals surface area contributed by atoms with Gasteiger partial charge in [-0.05, 0) is 52.2 Å². The van der Waals surface area contributed by atoms with Crippen LogP contribution in [0.25, 0.3) is 10.9 Å². The van der Waals surface area contributed by atoms with Gasteiger partial charge in [0, 0.05) is 10.9 Å². The van der Waals surface area contributed by atoms with Crippen molar-refractivity contribution in [3.63, 3.8) is 0 Å². The number of carbonyl (C=O) groups is 1. The minimum atomic E-state index is -0.446. The van der Waals surface area contributed by atoms with Crippen molar-refractivity contribution >= 4 is 29.5 Å². The summed E-state index contributed by atoms with van der Waals surface area (Å²) in [5, 5.41) is 8.40. The molecular weight excluding hydrogens is 407 g/mol. The SMILES string of the molecule is CCOC(=O)Cc1ccccc1OCc1[nH]nc2ccc(B3OC(C)(C)C(C)(C)O3)cc12. The Kier molecular flexibility index (Phi) is 6.01. The zero-order chi connectivity index (χ0) is 22.9. The first kappa shape index (κ1) is 22.4. The van der Waals surface area contributed by atoms with Crippen LogP contribution >= 0.6 is 0 Å². The molecule has 2 aromatic carbocycles. The summed E-state index contributed by atoms with van der Waals surface area (Å²) in [6, 6.07) is 13.4. The highest BCUT2D eigenvalue weighted by Crippen LogP contribution is 2.36. The van der Waals surface area contributed by atoms with E-state index in [0.717, 1.165) is 27.6 Å². The predicted octanol–water partition coefficient (Wildman–Crippen LogP) is 3.55. The highest BCUT2D eigenvalue weighted by molar-refractivity contribution is 6.62. The summed E-state index contributed by atoms with van der Waals surface area (Å²) in [5.74, 6) is 0.369. The molecule has 0 amide bonds. The van der Waals surface area contributed by atoms with Crippen molar-refractivity contribution < 1.29 is 23.6 Å². The van der Waals surface area contributed by atoms with Gasteiger partial charge in [-0.25, -0.2) is 0 Å². The maximum absolute atomic E-state index is 11.9. The van der Waals surface area contributed by atoms with E-state index in [4.69, 9.17) is 18.8 Å². The number of hydrogen-bond acceptors (Lipinski definition) is 6. The third-order valence-electron chi connectivity index (χ3n) is 6.17. The lowest BCUT2D eigenvalue weighted by Gasteiger charge is -2.32. The first-order valence-corrected chi connectivity index (χ1v) is 10.9. The fourth-order valence-corrected chi connectivity index (χ4v) is 3.62. The Morgan fingerprint density at radius 2 is 1.81 bits per heavy atom. The Balaban J connectivity index is 1.53. The molecule has 0 radical (unpaired) electrons. The van der Waals surface area contributed by atoms with Gasteiger partial charge in [0.25, 0.3) is 0 Å². The van der Waals surface area contributed by atoms with Gasteiger partial charge in [0.1, 0.15) is 12.4 Å². The summed E-state index contributed by atoms with van der Waals surface area (Å²) < 4.78 is 23.5. The molecule has 32 heavy (non-hydrogen) atoms. The Morgan fingerprint density at radius 3 is 2.53 bits per heavy atom. The summed E-state index contributed by atoms with van der Waals surface area (Å²) in [6.45, 7) is 10.6. The van der Waals surface area contributed by atoms with Gasteiger partial charge in [0.15, 0.2) is 0 Å². The van der Waals surface area contributed by atoms with Crippen molar-refractivity contribution in [2.45, 2.75) is 58.8 Å². The molecule has 8 heteroatoms. The van der Waals surface area contributed by atoms with E-state index in [1.165, 1.54) is 0 Å². The van der Waals surface area contributed by atoms with E-state index in [0.29, 0.717) is 12.4 Å². The summed E-state index contributed by atoms with van der Waals surface area (Å²) >= 11 is 0. The number of aromatic nitrogens is 2. The second-order valence-electron chi connectivity index (χ2n) is 8.95. The summed E-state index contributed by atoms with van der Waals surface area (Å²) in [6.07, 6.45) is 0.166. The van der Waals surface area contributed by atoms with Gasteiger partial charge in [0.2, 0.25) is 0 Å². The molecule has 7 nitrogen and oxygen atoms in total. The van der Waals surface area contributed by atoms with Crippen LogP contribution in [0.3, 0.4) is 0 Å². The number of rotatable bonds is 7. The molecule has 1 saturated heterocycles. The van der Waals surface area contributed by atoms with Gasteiger partial charge in [0.05, 0.1) is 35.4 Å². The molecule has 0 unspecified atom stereocenters. The quantitative estimate of drug-likeness (QED) is 0.451. The second-order valence-corrected chi connectivity index (χ2v) is 8.95. The molecule has 3 aromatic rings. The topological polar surface area (TPSA) is 82.7 Å². The van der Waals surface area contributed by atoms with E-state index < -0.39 is 18.3 Å². The molecule has 168 valence electrons. The number of esters is 1. The number of para-hydroxylation sites is 1. The van der Waals surface area contributed by atoms with E-state index >= 15 is 0 Å². The monoisotopic (exact) mass is 436 g/mol. The number of benzene rings is 2. The van der Waals surface area contributed by atoms with Gasteiger partial charge in [-0.15, -0.1) is 0 Å². The van der Waals surface area contributed by atoms with E-state index in [9.17, 15) is 4.79 Å². The van der Waals surface area contributed by atoms with Crippen molar-refractivity contribution in [3.05, 3.63) is 53.7 Å². The molecule has 2 heterocycles. The molecule has 1 aliphatic heterocycles. The minimum absolute atomic E-state index is 0.166. The van der Waals surface area contributed by atoms with Crippen LogP contribution in [0.1, 0.15) is 45.9 Å². The number of carbonyl (C=O) groups excluding carboxylic acids is 1. The Bertz CT molecular complexity index is 1110. The summed E-state index contributed by atoms with van der Waals surface area (Å²) in [4.78, 5) is 11.9. The van der Waals surface area contributed by atoms with E-state index in [2.05, 4.69) is 10.2 Å². The van der Waals surface area contributed by atoms with Crippen LogP contribution in [-0.4, -0.2) is 41.1 Å². The molecule has 4 rings (SSSR count). The number of nitrogens with one attached hydrogen (secondary N) is 1. The molecule has 0 bridgehead atoms. The first-order valence-electron chi connectivity index (χ1n) is 10.9. The van der Waals surface area contributed by atoms with Gasteiger partial charge >= 0.3 is 13.1 Å². The lowest BCUT2D eigenvalue weighted by molar-refractivity contribution is -0.142. The van der Waals surface area contributed by atoms with Crippen LogP contribution in [0.5, 0.6) is 5.75 Å². The number of H-pyrrole nitrogens is 1.